The third-order valence-corrected chi connectivity index (χ3v) is 3.32. The summed E-state index contributed by atoms with van der Waals surface area (Å²) in [7, 11) is 0. The molecule has 0 atom stereocenters. The zero-order chi connectivity index (χ0) is 16.5. The van der Waals surface area contributed by atoms with Gasteiger partial charge in [-0.15, -0.1) is 0 Å². The van der Waals surface area contributed by atoms with Crippen LogP contribution in [0.3, 0.4) is 0 Å². The van der Waals surface area contributed by atoms with Crippen LogP contribution in [-0.4, -0.2) is 4.98 Å². The first-order chi connectivity index (χ1) is 11.2. The minimum atomic E-state index is 0.668. The molecular weight excluding hydrogens is 284 g/mol. The normalized spacial score (nSPS) is 10.9. The van der Waals surface area contributed by atoms with Gasteiger partial charge in [-0.3, -0.25) is 0 Å². The Morgan fingerprint density at radius 2 is 2.09 bits per heavy atom. The Morgan fingerprint density at radius 1 is 1.22 bits per heavy atom. The molecule has 118 valence electrons. The van der Waals surface area contributed by atoms with Gasteiger partial charge in [0.05, 0.1) is 0 Å². The van der Waals surface area contributed by atoms with Crippen molar-refractivity contribution in [3.63, 3.8) is 0 Å². The lowest BCUT2D eigenvalue weighted by Crippen LogP contribution is -2.02. The summed E-state index contributed by atoms with van der Waals surface area (Å²) < 4.78 is 5.76. The molecule has 0 bridgehead atoms. The Kier molecular flexibility index (Phi) is 6.18. The minimum absolute atomic E-state index is 0.668. The van der Waals surface area contributed by atoms with Crippen molar-refractivity contribution in [2.75, 3.05) is 5.32 Å². The summed E-state index contributed by atoms with van der Waals surface area (Å²) in [6, 6.07) is 12.0. The van der Waals surface area contributed by atoms with Crippen molar-refractivity contribution in [2.45, 2.75) is 19.9 Å². The predicted octanol–water partition coefficient (Wildman–Crippen LogP) is 4.89. The van der Waals surface area contributed by atoms with E-state index in [0.29, 0.717) is 12.3 Å². The minimum Gasteiger partial charge on any atom is -0.457 e. The van der Waals surface area contributed by atoms with Gasteiger partial charge in [0.15, 0.2) is 0 Å². The van der Waals surface area contributed by atoms with Gasteiger partial charge < -0.3 is 10.1 Å². The molecular formula is C20H22N2O. The largest absolute Gasteiger partial charge is 0.457 e. The molecule has 0 aliphatic carbocycles. The van der Waals surface area contributed by atoms with Crippen molar-refractivity contribution >= 4 is 5.82 Å². The van der Waals surface area contributed by atoms with Gasteiger partial charge in [-0.1, -0.05) is 44.4 Å². The molecule has 1 aromatic carbocycles. The highest BCUT2D eigenvalue weighted by atomic mass is 16.5. The Morgan fingerprint density at radius 3 is 2.74 bits per heavy atom. The number of anilines is 1. The van der Waals surface area contributed by atoms with Crippen LogP contribution in [-0.2, 0) is 13.0 Å². The van der Waals surface area contributed by atoms with Crippen molar-refractivity contribution in [1.82, 2.24) is 4.98 Å². The molecule has 0 unspecified atom stereocenters. The maximum atomic E-state index is 5.76. The van der Waals surface area contributed by atoms with Crippen LogP contribution in [0, 0.1) is 0 Å². The van der Waals surface area contributed by atoms with Crippen LogP contribution < -0.4 is 10.1 Å². The quantitative estimate of drug-likeness (QED) is 0.557. The Labute approximate surface area is 138 Å². The van der Waals surface area contributed by atoms with E-state index in [2.05, 4.69) is 36.4 Å². The topological polar surface area (TPSA) is 34.1 Å². The van der Waals surface area contributed by atoms with Crippen LogP contribution in [0.15, 0.2) is 79.7 Å². The molecule has 0 aliphatic rings. The van der Waals surface area contributed by atoms with E-state index in [1.807, 2.05) is 36.5 Å². The van der Waals surface area contributed by atoms with Gasteiger partial charge in [0.25, 0.3) is 0 Å². The second-order valence-electron chi connectivity index (χ2n) is 5.02. The van der Waals surface area contributed by atoms with Crippen molar-refractivity contribution in [1.29, 1.82) is 0 Å². The number of aryl methyl sites for hydroxylation is 1. The molecule has 1 aromatic heterocycles. The molecule has 3 heteroatoms. The number of hydrogen-bond acceptors (Lipinski definition) is 3. The first-order valence-corrected chi connectivity index (χ1v) is 7.66. The van der Waals surface area contributed by atoms with Crippen molar-refractivity contribution < 1.29 is 4.74 Å². The average molecular weight is 306 g/mol. The van der Waals surface area contributed by atoms with Gasteiger partial charge in [-0.2, -0.15) is 0 Å². The molecule has 0 amide bonds. The smallest absolute Gasteiger partial charge is 0.127 e. The molecule has 0 spiro atoms. The number of rotatable bonds is 8. The zero-order valence-corrected chi connectivity index (χ0v) is 13.5. The molecule has 23 heavy (non-hydrogen) atoms. The van der Waals surface area contributed by atoms with E-state index in [1.165, 1.54) is 5.56 Å². The van der Waals surface area contributed by atoms with Crippen molar-refractivity contribution in [2.24, 2.45) is 0 Å². The van der Waals surface area contributed by atoms with Crippen LogP contribution in [0.4, 0.5) is 5.82 Å². The fraction of sp³-hybridized carbons (Fsp3) is 0.150. The first-order valence-electron chi connectivity index (χ1n) is 7.66. The molecule has 0 saturated heterocycles. The SMILES string of the molecule is C=C/C=C(\C=C)Oc1cccc(CNc2ccc(CC)cn2)c1. The fourth-order valence-electron chi connectivity index (χ4n) is 2.05. The molecule has 3 nitrogen and oxygen atoms in total. The van der Waals surface area contributed by atoms with Crippen LogP contribution in [0.25, 0.3) is 0 Å². The summed E-state index contributed by atoms with van der Waals surface area (Å²) in [6.07, 6.45) is 8.01. The molecule has 2 aromatic rings. The summed E-state index contributed by atoms with van der Waals surface area (Å²) in [5.74, 6) is 2.31. The molecule has 0 aliphatic heterocycles. The second kappa shape index (κ2) is 8.59. The standard InChI is InChI=1S/C20H22N2O/c1-4-8-18(6-3)23-19-10-7-9-17(13-19)15-22-20-12-11-16(5-2)14-21-20/h4,6-14H,1,3,5,15H2,2H3,(H,21,22)/b18-8+. The lowest BCUT2D eigenvalue weighted by Gasteiger charge is -2.09. The molecule has 1 N–H and O–H groups in total. The first kappa shape index (κ1) is 16.6. The fourth-order valence-corrected chi connectivity index (χ4v) is 2.05. The molecule has 2 rings (SSSR count). The summed E-state index contributed by atoms with van der Waals surface area (Å²) in [5, 5.41) is 3.31. The van der Waals surface area contributed by atoms with E-state index in [0.717, 1.165) is 23.6 Å². The van der Waals surface area contributed by atoms with Crippen LogP contribution >= 0.6 is 0 Å². The number of nitrogens with zero attached hydrogens (tertiary/aromatic N) is 1. The number of pyridine rings is 1. The highest BCUT2D eigenvalue weighted by Crippen LogP contribution is 2.17. The Hall–Kier alpha value is -2.81. The average Bonchev–Trinajstić information content (AvgIpc) is 2.60. The van der Waals surface area contributed by atoms with Crippen molar-refractivity contribution in [3.05, 3.63) is 90.9 Å². The summed E-state index contributed by atoms with van der Waals surface area (Å²) >= 11 is 0. The highest BCUT2D eigenvalue weighted by Gasteiger charge is 2.00. The van der Waals surface area contributed by atoms with E-state index < -0.39 is 0 Å². The third-order valence-electron chi connectivity index (χ3n) is 3.32. The number of hydrogen-bond donors (Lipinski definition) is 1. The van der Waals surface area contributed by atoms with Crippen LogP contribution in [0.1, 0.15) is 18.1 Å². The van der Waals surface area contributed by atoms with E-state index >= 15 is 0 Å². The van der Waals surface area contributed by atoms with Crippen LogP contribution in [0.2, 0.25) is 0 Å². The number of nitrogens with one attached hydrogen (secondary N) is 1. The van der Waals surface area contributed by atoms with E-state index in [9.17, 15) is 0 Å². The van der Waals surface area contributed by atoms with Gasteiger partial charge in [-0.25, -0.2) is 4.98 Å². The molecule has 1 heterocycles. The Balaban J connectivity index is 2.00. The second-order valence-corrected chi connectivity index (χ2v) is 5.02. The number of ether oxygens (including phenoxy) is 1. The zero-order valence-electron chi connectivity index (χ0n) is 13.5. The summed E-state index contributed by atoms with van der Waals surface area (Å²) in [6.45, 7) is 10.2. The number of aromatic nitrogens is 1. The monoisotopic (exact) mass is 306 g/mol. The lowest BCUT2D eigenvalue weighted by atomic mass is 10.2. The maximum absolute atomic E-state index is 5.76. The van der Waals surface area contributed by atoms with Gasteiger partial charge in [0.1, 0.15) is 17.3 Å². The van der Waals surface area contributed by atoms with E-state index in [-0.39, 0.29) is 0 Å². The van der Waals surface area contributed by atoms with E-state index in [4.69, 9.17) is 4.74 Å². The van der Waals surface area contributed by atoms with Gasteiger partial charge in [0, 0.05) is 12.7 Å². The maximum Gasteiger partial charge on any atom is 0.127 e. The number of benzene rings is 1. The van der Waals surface area contributed by atoms with Gasteiger partial charge in [-0.05, 0) is 47.9 Å². The van der Waals surface area contributed by atoms with Crippen LogP contribution in [0.5, 0.6) is 5.75 Å². The Bertz CT molecular complexity index is 687. The molecule has 0 fully saturated rings. The predicted molar refractivity (Wildman–Crippen MR) is 96.5 cm³/mol. The third kappa shape index (κ3) is 5.15. The molecule has 0 saturated carbocycles. The van der Waals surface area contributed by atoms with Gasteiger partial charge in [0.2, 0.25) is 0 Å². The van der Waals surface area contributed by atoms with E-state index in [1.54, 1.807) is 18.2 Å². The lowest BCUT2D eigenvalue weighted by molar-refractivity contribution is 0.444. The number of allylic oxidation sites excluding steroid dienone is 3. The highest BCUT2D eigenvalue weighted by molar-refractivity contribution is 5.38. The summed E-state index contributed by atoms with van der Waals surface area (Å²) in [4.78, 5) is 4.40. The van der Waals surface area contributed by atoms with Gasteiger partial charge >= 0.3 is 0 Å². The van der Waals surface area contributed by atoms with Crippen molar-refractivity contribution in [3.8, 4) is 5.75 Å². The summed E-state index contributed by atoms with van der Waals surface area (Å²) in [5.41, 5.74) is 2.35. The molecule has 0 radical (unpaired) electrons.